The average Bonchev–Trinajstić information content (AvgIpc) is 2.78. The van der Waals surface area contributed by atoms with E-state index in [1.807, 2.05) is 0 Å². The molecule has 5 nitrogen and oxygen atoms in total. The molecule has 1 aliphatic rings. The molecule has 5 N–H and O–H groups in total. The highest BCUT2D eigenvalue weighted by molar-refractivity contribution is 5.97. The van der Waals surface area contributed by atoms with Crippen LogP contribution in [0.25, 0.3) is 0 Å². The predicted molar refractivity (Wildman–Crippen MR) is 68.9 cm³/mol. The number of benzene rings is 1. The molecule has 0 bridgehead atoms. The fraction of sp³-hybridized carbons (Fsp3) is 0.385. The molecule has 2 unspecified atom stereocenters. The number of nitrogens with one attached hydrogen (secondary N) is 1. The van der Waals surface area contributed by atoms with E-state index in [1.165, 1.54) is 12.1 Å². The van der Waals surface area contributed by atoms with Gasteiger partial charge in [0, 0.05) is 11.6 Å². The second kappa shape index (κ2) is 5.36. The lowest BCUT2D eigenvalue weighted by Crippen LogP contribution is -2.34. The number of carbonyl (C=O) groups is 2. The van der Waals surface area contributed by atoms with Gasteiger partial charge in [0.15, 0.2) is 0 Å². The first-order chi connectivity index (χ1) is 8.99. The smallest absolute Gasteiger partial charge is 0.248 e. The molecule has 0 aromatic heterocycles. The van der Waals surface area contributed by atoms with Gasteiger partial charge in [0.1, 0.15) is 5.82 Å². The molecule has 2 atom stereocenters. The summed E-state index contributed by atoms with van der Waals surface area (Å²) >= 11 is 0. The molecule has 0 spiro atoms. The van der Waals surface area contributed by atoms with E-state index in [2.05, 4.69) is 5.32 Å². The van der Waals surface area contributed by atoms with Gasteiger partial charge in [-0.05, 0) is 31.0 Å². The number of hydrogen-bond donors (Lipinski definition) is 3. The monoisotopic (exact) mass is 265 g/mol. The molecule has 6 heteroatoms. The molecule has 1 aromatic rings. The number of halogens is 1. The number of carbonyl (C=O) groups excluding carboxylic acids is 2. The fourth-order valence-corrected chi connectivity index (χ4v) is 2.31. The molecule has 2 rings (SSSR count). The van der Waals surface area contributed by atoms with E-state index in [9.17, 15) is 14.0 Å². The maximum absolute atomic E-state index is 13.6. The van der Waals surface area contributed by atoms with Gasteiger partial charge in [0.05, 0.1) is 11.6 Å². The Bertz CT molecular complexity index is 519. The first kappa shape index (κ1) is 13.5. The molecule has 0 saturated heterocycles. The zero-order valence-electron chi connectivity index (χ0n) is 10.4. The Balaban J connectivity index is 2.16. The van der Waals surface area contributed by atoms with Gasteiger partial charge in [-0.3, -0.25) is 9.59 Å². The molecule has 102 valence electrons. The van der Waals surface area contributed by atoms with Crippen molar-refractivity contribution in [2.24, 2.45) is 17.4 Å². The van der Waals surface area contributed by atoms with Crippen molar-refractivity contribution in [3.63, 3.8) is 0 Å². The molecule has 19 heavy (non-hydrogen) atoms. The lowest BCUT2D eigenvalue weighted by molar-refractivity contribution is -0.120. The van der Waals surface area contributed by atoms with Crippen LogP contribution in [-0.2, 0) is 4.79 Å². The third-order valence-electron chi connectivity index (χ3n) is 3.41. The third kappa shape index (κ3) is 2.90. The van der Waals surface area contributed by atoms with E-state index in [0.29, 0.717) is 6.42 Å². The average molecular weight is 265 g/mol. The van der Waals surface area contributed by atoms with Crippen LogP contribution in [0.2, 0.25) is 0 Å². The Morgan fingerprint density at radius 3 is 2.63 bits per heavy atom. The number of primary amides is 1. The lowest BCUT2D eigenvalue weighted by atomic mass is 10.0. The first-order valence-electron chi connectivity index (χ1n) is 6.15. The molecule has 1 aliphatic carbocycles. The molecule has 1 aromatic carbocycles. The second-order valence-electron chi connectivity index (χ2n) is 4.75. The van der Waals surface area contributed by atoms with E-state index in [4.69, 9.17) is 11.5 Å². The third-order valence-corrected chi connectivity index (χ3v) is 3.41. The number of rotatable bonds is 3. The van der Waals surface area contributed by atoms with Crippen molar-refractivity contribution in [1.82, 2.24) is 0 Å². The summed E-state index contributed by atoms with van der Waals surface area (Å²) in [7, 11) is 0. The molecule has 0 radical (unpaired) electrons. The van der Waals surface area contributed by atoms with Gasteiger partial charge in [-0.15, -0.1) is 0 Å². The highest BCUT2D eigenvalue weighted by atomic mass is 19.1. The summed E-state index contributed by atoms with van der Waals surface area (Å²) in [6, 6.07) is 3.41. The van der Waals surface area contributed by atoms with E-state index < -0.39 is 11.7 Å². The van der Waals surface area contributed by atoms with Crippen LogP contribution in [0.1, 0.15) is 29.6 Å². The summed E-state index contributed by atoms with van der Waals surface area (Å²) in [6.07, 6.45) is 2.38. The van der Waals surface area contributed by atoms with Crippen LogP contribution < -0.4 is 16.8 Å². The van der Waals surface area contributed by atoms with Gasteiger partial charge in [-0.25, -0.2) is 4.39 Å². The summed E-state index contributed by atoms with van der Waals surface area (Å²) < 4.78 is 13.6. The van der Waals surface area contributed by atoms with Crippen molar-refractivity contribution < 1.29 is 14.0 Å². The quantitative estimate of drug-likeness (QED) is 0.760. The van der Waals surface area contributed by atoms with Crippen molar-refractivity contribution in [1.29, 1.82) is 0 Å². The zero-order valence-corrected chi connectivity index (χ0v) is 10.4. The normalized spacial score (nSPS) is 22.2. The maximum atomic E-state index is 13.6. The molecule has 0 aliphatic heterocycles. The Hall–Kier alpha value is -1.95. The summed E-state index contributed by atoms with van der Waals surface area (Å²) in [5.74, 6) is -1.90. The number of hydrogen-bond acceptors (Lipinski definition) is 3. The van der Waals surface area contributed by atoms with Crippen molar-refractivity contribution in [3.05, 3.63) is 29.6 Å². The van der Waals surface area contributed by atoms with Crippen LogP contribution >= 0.6 is 0 Å². The largest absolute Gasteiger partial charge is 0.366 e. The molecule has 1 fully saturated rings. The van der Waals surface area contributed by atoms with Crippen LogP contribution in [0, 0.1) is 11.7 Å². The van der Waals surface area contributed by atoms with Gasteiger partial charge in [0.25, 0.3) is 0 Å². The summed E-state index contributed by atoms with van der Waals surface area (Å²) in [4.78, 5) is 23.0. The minimum absolute atomic E-state index is 0.0413. The van der Waals surface area contributed by atoms with Crippen molar-refractivity contribution >= 4 is 17.5 Å². The van der Waals surface area contributed by atoms with Crippen molar-refractivity contribution in [2.75, 3.05) is 5.32 Å². The van der Waals surface area contributed by atoms with Crippen molar-refractivity contribution in [2.45, 2.75) is 25.3 Å². The Labute approximate surface area is 110 Å². The minimum atomic E-state index is -0.673. The van der Waals surface area contributed by atoms with Crippen LogP contribution in [-0.4, -0.2) is 17.9 Å². The number of amides is 2. The second-order valence-corrected chi connectivity index (χ2v) is 4.75. The van der Waals surface area contributed by atoms with E-state index in [0.717, 1.165) is 18.9 Å². The predicted octanol–water partition coefficient (Wildman–Crippen LogP) is 0.990. The van der Waals surface area contributed by atoms with E-state index >= 15 is 0 Å². The van der Waals surface area contributed by atoms with Crippen molar-refractivity contribution in [3.8, 4) is 0 Å². The first-order valence-corrected chi connectivity index (χ1v) is 6.15. The van der Waals surface area contributed by atoms with Crippen LogP contribution in [0.5, 0.6) is 0 Å². The zero-order chi connectivity index (χ0) is 14.0. The molecule has 0 heterocycles. The number of anilines is 1. The Morgan fingerprint density at radius 1 is 1.32 bits per heavy atom. The van der Waals surface area contributed by atoms with Gasteiger partial charge in [-0.2, -0.15) is 0 Å². The van der Waals surface area contributed by atoms with E-state index in [1.54, 1.807) is 0 Å². The Kier molecular flexibility index (Phi) is 3.80. The lowest BCUT2D eigenvalue weighted by Gasteiger charge is -2.15. The summed E-state index contributed by atoms with van der Waals surface area (Å²) in [6.45, 7) is 0. The summed E-state index contributed by atoms with van der Waals surface area (Å²) in [5.41, 5.74) is 11.0. The minimum Gasteiger partial charge on any atom is -0.366 e. The topological polar surface area (TPSA) is 98.2 Å². The number of nitrogens with two attached hydrogens (primary N) is 2. The molecule has 1 saturated carbocycles. The van der Waals surface area contributed by atoms with Gasteiger partial charge < -0.3 is 16.8 Å². The molecule has 2 amide bonds. The molecular weight excluding hydrogens is 249 g/mol. The van der Waals surface area contributed by atoms with Gasteiger partial charge >= 0.3 is 0 Å². The molecular formula is C13H16FN3O2. The van der Waals surface area contributed by atoms with Crippen LogP contribution in [0.4, 0.5) is 10.1 Å². The summed E-state index contributed by atoms with van der Waals surface area (Å²) in [5, 5.41) is 2.48. The van der Waals surface area contributed by atoms with Crippen LogP contribution in [0.3, 0.4) is 0 Å². The van der Waals surface area contributed by atoms with Crippen LogP contribution in [0.15, 0.2) is 18.2 Å². The van der Waals surface area contributed by atoms with Gasteiger partial charge in [-0.1, -0.05) is 6.42 Å². The Morgan fingerprint density at radius 2 is 2.05 bits per heavy atom. The highest BCUT2D eigenvalue weighted by Gasteiger charge is 2.30. The van der Waals surface area contributed by atoms with Gasteiger partial charge in [0.2, 0.25) is 11.8 Å². The SMILES string of the molecule is NC(=O)c1ccc(F)c(NC(=O)C2CCCC2N)c1. The standard InChI is InChI=1S/C13H16FN3O2/c14-9-5-4-7(12(16)18)6-11(9)17-13(19)8-2-1-3-10(8)15/h4-6,8,10H,1-3,15H2,(H2,16,18)(H,17,19). The maximum Gasteiger partial charge on any atom is 0.248 e. The van der Waals surface area contributed by atoms with E-state index in [-0.39, 0.29) is 29.1 Å². The highest BCUT2D eigenvalue weighted by Crippen LogP contribution is 2.26. The fourth-order valence-electron chi connectivity index (χ4n) is 2.31.